The van der Waals surface area contributed by atoms with Crippen molar-refractivity contribution in [2.45, 2.75) is 5.41 Å². The molecule has 2 aromatic heterocycles. The number of furan rings is 1. The molecule has 7 aromatic carbocycles. The summed E-state index contributed by atoms with van der Waals surface area (Å²) in [5.74, 6) is 2.40. The number of para-hydroxylation sites is 3. The minimum Gasteiger partial charge on any atom is -0.457 e. The van der Waals surface area contributed by atoms with E-state index >= 15 is 0 Å². The zero-order chi connectivity index (χ0) is 33.5. The summed E-state index contributed by atoms with van der Waals surface area (Å²) in [6.45, 7) is 0. The lowest BCUT2D eigenvalue weighted by atomic mass is 9.66. The Morgan fingerprint density at radius 1 is 0.412 bits per heavy atom. The summed E-state index contributed by atoms with van der Waals surface area (Å²) in [6, 6.07) is 59.3. The van der Waals surface area contributed by atoms with Crippen LogP contribution in [0.25, 0.3) is 67.0 Å². The van der Waals surface area contributed by atoms with E-state index in [9.17, 15) is 0 Å². The van der Waals surface area contributed by atoms with Gasteiger partial charge in [-0.3, -0.25) is 0 Å². The van der Waals surface area contributed by atoms with Crippen LogP contribution >= 0.6 is 0 Å². The second kappa shape index (κ2) is 10.6. The molecule has 9 aromatic rings. The first-order valence-corrected chi connectivity index (χ1v) is 17.2. The van der Waals surface area contributed by atoms with Crippen molar-refractivity contribution in [1.29, 1.82) is 0 Å². The molecule has 4 heteroatoms. The average molecular weight is 653 g/mol. The van der Waals surface area contributed by atoms with E-state index in [1.807, 2.05) is 36.4 Å². The van der Waals surface area contributed by atoms with Crippen molar-refractivity contribution in [3.63, 3.8) is 0 Å². The fourth-order valence-electron chi connectivity index (χ4n) is 8.44. The number of hydrogen-bond donors (Lipinski definition) is 0. The average Bonchev–Trinajstić information content (AvgIpc) is 3.71. The van der Waals surface area contributed by atoms with Gasteiger partial charge in [-0.15, -0.1) is 0 Å². The highest BCUT2D eigenvalue weighted by Crippen LogP contribution is 2.64. The summed E-state index contributed by atoms with van der Waals surface area (Å²) in [7, 11) is 0. The largest absolute Gasteiger partial charge is 0.457 e. The zero-order valence-electron chi connectivity index (χ0n) is 27.4. The lowest BCUT2D eigenvalue weighted by Gasteiger charge is -2.39. The number of rotatable bonds is 3. The summed E-state index contributed by atoms with van der Waals surface area (Å²) < 4.78 is 13.2. The van der Waals surface area contributed by atoms with Crippen molar-refractivity contribution in [2.75, 3.05) is 0 Å². The Kier molecular flexibility index (Phi) is 5.84. The minimum absolute atomic E-state index is 0.643. The number of fused-ring (bicyclic) bond motifs is 12. The Morgan fingerprint density at radius 2 is 1.04 bits per heavy atom. The molecule has 0 saturated carbocycles. The lowest BCUT2D eigenvalue weighted by Crippen LogP contribution is -2.32. The van der Waals surface area contributed by atoms with Gasteiger partial charge in [0, 0.05) is 38.6 Å². The third-order valence-electron chi connectivity index (χ3n) is 10.6. The van der Waals surface area contributed by atoms with E-state index in [4.69, 9.17) is 19.1 Å². The molecule has 11 rings (SSSR count). The number of benzene rings is 7. The van der Waals surface area contributed by atoms with Gasteiger partial charge in [-0.2, -0.15) is 0 Å². The Balaban J connectivity index is 1.28. The predicted molar refractivity (Wildman–Crippen MR) is 203 cm³/mol. The van der Waals surface area contributed by atoms with Gasteiger partial charge in [0.25, 0.3) is 0 Å². The SMILES string of the molecule is c1ccc(-c2cc(-c3cccc4c3-c3cc5oc6ccccc6c5cc3C43c4ccccc4Oc4ccccc43)nc(-c3ccccc3)n2)cc1. The zero-order valence-corrected chi connectivity index (χ0v) is 27.4. The van der Waals surface area contributed by atoms with E-state index in [2.05, 4.69) is 133 Å². The van der Waals surface area contributed by atoms with Crippen molar-refractivity contribution in [2.24, 2.45) is 0 Å². The van der Waals surface area contributed by atoms with Gasteiger partial charge in [0.2, 0.25) is 0 Å². The van der Waals surface area contributed by atoms with Crippen LogP contribution in [0, 0.1) is 0 Å². The molecule has 1 aliphatic heterocycles. The smallest absolute Gasteiger partial charge is 0.160 e. The molecule has 51 heavy (non-hydrogen) atoms. The first-order valence-electron chi connectivity index (χ1n) is 17.2. The van der Waals surface area contributed by atoms with Crippen LogP contribution in [0.15, 0.2) is 174 Å². The van der Waals surface area contributed by atoms with Crippen LogP contribution in [0.2, 0.25) is 0 Å². The molecule has 1 spiro atoms. The molecule has 1 aliphatic carbocycles. The molecule has 2 aliphatic rings. The molecule has 0 radical (unpaired) electrons. The van der Waals surface area contributed by atoms with E-state index in [1.165, 1.54) is 11.1 Å². The Hall–Kier alpha value is -6.78. The molecule has 3 heterocycles. The van der Waals surface area contributed by atoms with Gasteiger partial charge in [0.15, 0.2) is 5.82 Å². The molecule has 238 valence electrons. The fourth-order valence-corrected chi connectivity index (χ4v) is 8.44. The highest BCUT2D eigenvalue weighted by atomic mass is 16.5. The molecule has 0 N–H and O–H groups in total. The maximum absolute atomic E-state index is 6.64. The highest BCUT2D eigenvalue weighted by molar-refractivity contribution is 6.09. The minimum atomic E-state index is -0.643. The Labute approximate surface area is 294 Å². The van der Waals surface area contributed by atoms with Crippen LogP contribution in [-0.2, 0) is 5.41 Å². The van der Waals surface area contributed by atoms with Gasteiger partial charge in [-0.1, -0.05) is 133 Å². The number of aromatic nitrogens is 2. The Bertz CT molecular complexity index is 2730. The van der Waals surface area contributed by atoms with Crippen LogP contribution < -0.4 is 4.74 Å². The maximum Gasteiger partial charge on any atom is 0.160 e. The van der Waals surface area contributed by atoms with Gasteiger partial charge in [-0.05, 0) is 58.7 Å². The topological polar surface area (TPSA) is 48.2 Å². The van der Waals surface area contributed by atoms with Gasteiger partial charge in [-0.25, -0.2) is 9.97 Å². The van der Waals surface area contributed by atoms with Crippen molar-refractivity contribution in [3.05, 3.63) is 192 Å². The Morgan fingerprint density at radius 3 is 1.80 bits per heavy atom. The second-order valence-corrected chi connectivity index (χ2v) is 13.3. The van der Waals surface area contributed by atoms with Crippen molar-refractivity contribution in [3.8, 4) is 56.5 Å². The van der Waals surface area contributed by atoms with Crippen LogP contribution in [0.3, 0.4) is 0 Å². The quantitative estimate of drug-likeness (QED) is 0.191. The van der Waals surface area contributed by atoms with E-state index in [0.717, 1.165) is 83.8 Å². The monoisotopic (exact) mass is 652 g/mol. The molecule has 0 fully saturated rings. The molecule has 0 atom stereocenters. The third kappa shape index (κ3) is 3.96. The normalized spacial score (nSPS) is 13.4. The summed E-state index contributed by atoms with van der Waals surface area (Å²) >= 11 is 0. The fraction of sp³-hybridized carbons (Fsp3) is 0.0213. The molecular formula is C47H28N2O2. The van der Waals surface area contributed by atoms with Crippen molar-refractivity contribution < 1.29 is 9.15 Å². The summed E-state index contributed by atoms with van der Waals surface area (Å²) in [6.07, 6.45) is 0. The molecular weight excluding hydrogens is 625 g/mol. The standard InChI is InChI=1S/C47H28N2O2/c1-3-14-29(15-4-1)39-28-40(49-46(48-39)30-16-5-2-6-17-30)32-19-13-22-37-45(32)34-27-44-33(31-18-7-10-23-41(31)50-44)26-38(34)47(37)35-20-8-11-24-42(35)51-43-25-12-9-21-36(43)47/h1-28H. The van der Waals surface area contributed by atoms with E-state index < -0.39 is 5.41 Å². The van der Waals surface area contributed by atoms with E-state index in [1.54, 1.807) is 0 Å². The van der Waals surface area contributed by atoms with Gasteiger partial charge in [0.1, 0.15) is 22.7 Å². The van der Waals surface area contributed by atoms with Crippen LogP contribution in [0.4, 0.5) is 0 Å². The number of ether oxygens (including phenoxy) is 1. The molecule has 4 nitrogen and oxygen atoms in total. The van der Waals surface area contributed by atoms with E-state index in [0.29, 0.717) is 5.82 Å². The van der Waals surface area contributed by atoms with Crippen LogP contribution in [0.1, 0.15) is 22.3 Å². The van der Waals surface area contributed by atoms with Crippen LogP contribution in [0.5, 0.6) is 11.5 Å². The molecule has 0 unspecified atom stereocenters. The third-order valence-corrected chi connectivity index (χ3v) is 10.6. The number of nitrogens with zero attached hydrogens (tertiary/aromatic N) is 2. The second-order valence-electron chi connectivity index (χ2n) is 13.3. The van der Waals surface area contributed by atoms with Crippen molar-refractivity contribution >= 4 is 21.9 Å². The lowest BCUT2D eigenvalue weighted by molar-refractivity contribution is 0.436. The van der Waals surface area contributed by atoms with Gasteiger partial charge < -0.3 is 9.15 Å². The summed E-state index contributed by atoms with van der Waals surface area (Å²) in [5.41, 5.74) is 12.8. The first-order chi connectivity index (χ1) is 25.3. The summed E-state index contributed by atoms with van der Waals surface area (Å²) in [4.78, 5) is 10.4. The molecule has 0 bridgehead atoms. The molecule has 0 amide bonds. The van der Waals surface area contributed by atoms with E-state index in [-0.39, 0.29) is 0 Å². The van der Waals surface area contributed by atoms with Gasteiger partial charge in [0.05, 0.1) is 16.8 Å². The maximum atomic E-state index is 6.64. The van der Waals surface area contributed by atoms with Crippen LogP contribution in [-0.4, -0.2) is 9.97 Å². The molecule has 0 saturated heterocycles. The predicted octanol–water partition coefficient (Wildman–Crippen LogP) is 11.8. The van der Waals surface area contributed by atoms with Gasteiger partial charge >= 0.3 is 0 Å². The highest BCUT2D eigenvalue weighted by Gasteiger charge is 2.52. The first kappa shape index (κ1) is 28.1. The summed E-state index contributed by atoms with van der Waals surface area (Å²) in [5, 5.41) is 2.20. The van der Waals surface area contributed by atoms with Crippen molar-refractivity contribution in [1.82, 2.24) is 9.97 Å². The number of hydrogen-bond acceptors (Lipinski definition) is 4.